The molecule has 0 saturated heterocycles. The first-order chi connectivity index (χ1) is 12.2. The lowest BCUT2D eigenvalue weighted by molar-refractivity contribution is -0.133. The molecule has 2 unspecified atom stereocenters. The Morgan fingerprint density at radius 2 is 2.08 bits per heavy atom. The second-order valence-electron chi connectivity index (χ2n) is 7.03. The van der Waals surface area contributed by atoms with Crippen molar-refractivity contribution >= 4 is 29.9 Å². The number of halogens is 1. The smallest absolute Gasteiger partial charge is 0.191 e. The van der Waals surface area contributed by atoms with E-state index in [2.05, 4.69) is 51.2 Å². The third-order valence-electron chi connectivity index (χ3n) is 6.10. The van der Waals surface area contributed by atoms with Crippen LogP contribution in [0.5, 0.6) is 0 Å². The summed E-state index contributed by atoms with van der Waals surface area (Å²) in [5.41, 5.74) is 0.198. The summed E-state index contributed by atoms with van der Waals surface area (Å²) >= 11 is 0. The summed E-state index contributed by atoms with van der Waals surface area (Å²) in [4.78, 5) is 4.40. The van der Waals surface area contributed by atoms with E-state index >= 15 is 0 Å². The molecule has 8 heteroatoms. The van der Waals surface area contributed by atoms with Crippen molar-refractivity contribution in [2.45, 2.75) is 78.1 Å². The van der Waals surface area contributed by atoms with Gasteiger partial charge in [-0.25, -0.2) is 0 Å². The van der Waals surface area contributed by atoms with Crippen molar-refractivity contribution in [3.63, 3.8) is 0 Å². The van der Waals surface area contributed by atoms with Gasteiger partial charge >= 0.3 is 0 Å². The molecule has 1 saturated carbocycles. The molecule has 1 aromatic heterocycles. The third-order valence-corrected chi connectivity index (χ3v) is 6.10. The lowest BCUT2D eigenvalue weighted by Gasteiger charge is -2.55. The lowest BCUT2D eigenvalue weighted by Crippen LogP contribution is -2.65. The molecule has 7 nitrogen and oxygen atoms in total. The number of guanidine groups is 1. The zero-order valence-electron chi connectivity index (χ0n) is 16.4. The molecule has 1 aliphatic carbocycles. The number of rotatable bonds is 7. The van der Waals surface area contributed by atoms with Crippen LogP contribution in [-0.2, 0) is 24.2 Å². The van der Waals surface area contributed by atoms with Gasteiger partial charge in [-0.1, -0.05) is 13.8 Å². The lowest BCUT2D eigenvalue weighted by atomic mass is 9.58. The minimum atomic E-state index is 0. The Balaban J connectivity index is 0.00000243. The normalized spacial score (nSPS) is 23.8. The summed E-state index contributed by atoms with van der Waals surface area (Å²) in [6, 6.07) is 0.398. The molecule has 0 aromatic carbocycles. The van der Waals surface area contributed by atoms with Crippen LogP contribution in [0.25, 0.3) is 0 Å². The molecule has 1 aliphatic heterocycles. The Morgan fingerprint density at radius 1 is 1.31 bits per heavy atom. The van der Waals surface area contributed by atoms with Crippen molar-refractivity contribution in [2.24, 2.45) is 10.4 Å². The predicted molar refractivity (Wildman–Crippen MR) is 114 cm³/mol. The highest BCUT2D eigenvalue weighted by Crippen LogP contribution is 2.48. The van der Waals surface area contributed by atoms with Gasteiger partial charge in [-0.15, -0.1) is 34.2 Å². The first-order valence-corrected chi connectivity index (χ1v) is 9.68. The fourth-order valence-corrected chi connectivity index (χ4v) is 4.45. The Labute approximate surface area is 173 Å². The van der Waals surface area contributed by atoms with Crippen molar-refractivity contribution in [1.82, 2.24) is 25.4 Å². The van der Waals surface area contributed by atoms with E-state index in [9.17, 15) is 0 Å². The maximum Gasteiger partial charge on any atom is 0.191 e. The van der Waals surface area contributed by atoms with Crippen LogP contribution >= 0.6 is 24.0 Å². The van der Waals surface area contributed by atoms with Gasteiger partial charge in [0.25, 0.3) is 0 Å². The maximum atomic E-state index is 5.97. The van der Waals surface area contributed by atoms with E-state index in [4.69, 9.17) is 4.74 Å². The Kier molecular flexibility index (Phi) is 7.69. The maximum absolute atomic E-state index is 5.97. The van der Waals surface area contributed by atoms with Gasteiger partial charge in [0.2, 0.25) is 0 Å². The highest BCUT2D eigenvalue weighted by molar-refractivity contribution is 14.0. The van der Waals surface area contributed by atoms with E-state index < -0.39 is 0 Å². The summed E-state index contributed by atoms with van der Waals surface area (Å²) in [6.07, 6.45) is 5.82. The largest absolute Gasteiger partial charge is 0.378 e. The van der Waals surface area contributed by atoms with Gasteiger partial charge < -0.3 is 19.9 Å². The van der Waals surface area contributed by atoms with Gasteiger partial charge in [-0.05, 0) is 32.6 Å². The van der Waals surface area contributed by atoms with Gasteiger partial charge in [0.1, 0.15) is 5.82 Å². The van der Waals surface area contributed by atoms with Crippen LogP contribution in [0.3, 0.4) is 0 Å². The highest BCUT2D eigenvalue weighted by atomic mass is 127. The third kappa shape index (κ3) is 3.85. The monoisotopic (exact) mass is 476 g/mol. The van der Waals surface area contributed by atoms with Crippen molar-refractivity contribution in [3.05, 3.63) is 11.6 Å². The molecule has 2 heterocycles. The molecule has 2 aliphatic rings. The van der Waals surface area contributed by atoms with Gasteiger partial charge in [-0.3, -0.25) is 4.99 Å². The quantitative estimate of drug-likeness (QED) is 0.359. The second kappa shape index (κ2) is 9.34. The molecule has 1 aromatic rings. The van der Waals surface area contributed by atoms with Gasteiger partial charge in [0, 0.05) is 38.1 Å². The van der Waals surface area contributed by atoms with E-state index in [-0.39, 0.29) is 29.4 Å². The summed E-state index contributed by atoms with van der Waals surface area (Å²) in [7, 11) is 1.82. The Bertz CT molecular complexity index is 613. The topological polar surface area (TPSA) is 76.4 Å². The van der Waals surface area contributed by atoms with Crippen LogP contribution in [0.1, 0.15) is 58.1 Å². The number of hydrogen-bond acceptors (Lipinski definition) is 4. The number of aryl methyl sites for hydroxylation is 1. The molecular formula is C18H33IN6O. The average molecular weight is 476 g/mol. The van der Waals surface area contributed by atoms with E-state index in [1.807, 2.05) is 7.05 Å². The molecule has 1 fully saturated rings. The number of fused-ring (bicyclic) bond motifs is 1. The Morgan fingerprint density at radius 3 is 2.73 bits per heavy atom. The number of hydrogen-bond donors (Lipinski definition) is 2. The van der Waals surface area contributed by atoms with E-state index in [1.165, 1.54) is 6.42 Å². The van der Waals surface area contributed by atoms with E-state index in [0.717, 1.165) is 56.4 Å². The summed E-state index contributed by atoms with van der Waals surface area (Å²) in [6.45, 7) is 9.06. The zero-order valence-corrected chi connectivity index (χ0v) is 18.7. The summed E-state index contributed by atoms with van der Waals surface area (Å²) in [5, 5.41) is 15.6. The number of nitrogens with one attached hydrogen (secondary N) is 2. The highest BCUT2D eigenvalue weighted by Gasteiger charge is 2.53. The molecule has 26 heavy (non-hydrogen) atoms. The predicted octanol–water partition coefficient (Wildman–Crippen LogP) is 2.49. The molecule has 0 amide bonds. The minimum absolute atomic E-state index is 0. The zero-order chi connectivity index (χ0) is 17.9. The summed E-state index contributed by atoms with van der Waals surface area (Å²) in [5.74, 6) is 2.93. The first kappa shape index (κ1) is 21.4. The fraction of sp³-hybridized carbons (Fsp3) is 0.833. The minimum Gasteiger partial charge on any atom is -0.378 e. The van der Waals surface area contributed by atoms with E-state index in [1.54, 1.807) is 0 Å². The van der Waals surface area contributed by atoms with Crippen molar-refractivity contribution in [1.29, 1.82) is 0 Å². The molecular weight excluding hydrogens is 443 g/mol. The van der Waals surface area contributed by atoms with Gasteiger partial charge in [0.05, 0.1) is 12.6 Å². The number of aromatic nitrogens is 3. The van der Waals surface area contributed by atoms with Crippen molar-refractivity contribution < 1.29 is 4.74 Å². The van der Waals surface area contributed by atoms with Crippen molar-refractivity contribution in [3.8, 4) is 0 Å². The molecule has 0 radical (unpaired) electrons. The van der Waals surface area contributed by atoms with Crippen LogP contribution in [-0.4, -0.2) is 46.5 Å². The average Bonchev–Trinajstić information content (AvgIpc) is 3.22. The second-order valence-corrected chi connectivity index (χ2v) is 7.03. The standard InChI is InChI=1S/C18H32N6O.HI/c1-5-18(6-2)13(11-14(18)25-7-3)21-17(19-4)20-12-16-23-22-15-9-8-10-24(15)16;/h13-14H,5-12H2,1-4H3,(H2,19,20,21);1H. The molecule has 2 atom stereocenters. The van der Waals surface area contributed by atoms with E-state index in [0.29, 0.717) is 18.7 Å². The fourth-order valence-electron chi connectivity index (χ4n) is 4.45. The van der Waals surface area contributed by atoms with Crippen LogP contribution in [0, 0.1) is 5.41 Å². The number of ether oxygens (including phenoxy) is 1. The first-order valence-electron chi connectivity index (χ1n) is 9.68. The Hall–Kier alpha value is -0.900. The van der Waals surface area contributed by atoms with Gasteiger partial charge in [-0.2, -0.15) is 0 Å². The van der Waals surface area contributed by atoms with Gasteiger partial charge in [0.15, 0.2) is 11.8 Å². The molecule has 2 N–H and O–H groups in total. The molecule has 0 spiro atoms. The van der Waals surface area contributed by atoms with Crippen molar-refractivity contribution in [2.75, 3.05) is 13.7 Å². The molecule has 3 rings (SSSR count). The van der Waals surface area contributed by atoms with Crippen LogP contribution < -0.4 is 10.6 Å². The number of nitrogens with zero attached hydrogens (tertiary/aromatic N) is 4. The number of aliphatic imine (C=N–C) groups is 1. The molecule has 148 valence electrons. The van der Waals surface area contributed by atoms with Crippen LogP contribution in [0.4, 0.5) is 0 Å². The summed E-state index contributed by atoms with van der Waals surface area (Å²) < 4.78 is 8.19. The van der Waals surface area contributed by atoms with Crippen LogP contribution in [0.2, 0.25) is 0 Å². The van der Waals surface area contributed by atoms with Crippen LogP contribution in [0.15, 0.2) is 4.99 Å². The molecule has 0 bridgehead atoms. The SMILES string of the molecule is CCOC1CC(NC(=NC)NCc2nnc3n2CCC3)C1(CC)CC.I.